The van der Waals surface area contributed by atoms with Gasteiger partial charge < -0.3 is 5.11 Å². The second-order valence-electron chi connectivity index (χ2n) is 4.56. The minimum absolute atomic E-state index is 0.307. The molecule has 0 unspecified atom stereocenters. The van der Waals surface area contributed by atoms with Gasteiger partial charge in [-0.15, -0.1) is 0 Å². The molecule has 0 bridgehead atoms. The van der Waals surface area contributed by atoms with Crippen LogP contribution >= 0.6 is 11.3 Å². The van der Waals surface area contributed by atoms with Gasteiger partial charge in [0.2, 0.25) is 5.13 Å². The average Bonchev–Trinajstić information content (AvgIpc) is 2.89. The van der Waals surface area contributed by atoms with E-state index < -0.39 is 0 Å². The third kappa shape index (κ3) is 2.28. The highest BCUT2D eigenvalue weighted by atomic mass is 32.1. The summed E-state index contributed by atoms with van der Waals surface area (Å²) in [6.07, 6.45) is 5.22. The summed E-state index contributed by atoms with van der Waals surface area (Å²) in [5.41, 5.74) is 3.65. The van der Waals surface area contributed by atoms with E-state index in [2.05, 4.69) is 15.0 Å². The third-order valence-corrected chi connectivity index (χ3v) is 4.16. The summed E-state index contributed by atoms with van der Waals surface area (Å²) in [7, 11) is 0. The van der Waals surface area contributed by atoms with Gasteiger partial charge in [0, 0.05) is 29.7 Å². The number of aromatic hydroxyl groups is 1. The summed E-state index contributed by atoms with van der Waals surface area (Å²) in [5.74, 6) is 0.307. The number of phenolic OH excluding ortho intramolecular Hbond substituents is 1. The molecule has 0 radical (unpaired) electrons. The van der Waals surface area contributed by atoms with E-state index in [1.807, 2.05) is 26.0 Å². The van der Waals surface area contributed by atoms with Crippen LogP contribution in [0.5, 0.6) is 5.75 Å². The van der Waals surface area contributed by atoms with Gasteiger partial charge in [-0.2, -0.15) is 0 Å². The van der Waals surface area contributed by atoms with Gasteiger partial charge in [-0.25, -0.2) is 9.98 Å². The molecule has 1 N–H and O–H groups in total. The molecule has 0 aliphatic heterocycles. The largest absolute Gasteiger partial charge is 0.508 e. The maximum Gasteiger partial charge on any atom is 0.210 e. The lowest BCUT2D eigenvalue weighted by Gasteiger charge is -2.01. The molecule has 0 spiro atoms. The average molecular weight is 283 g/mol. The molecule has 4 nitrogen and oxygen atoms in total. The van der Waals surface area contributed by atoms with E-state index in [1.54, 1.807) is 24.7 Å². The number of pyridine rings is 1. The SMILES string of the molecule is Cc1cc(O)c(C)c2sc(/N=C/c3cccnc3)nc12. The minimum Gasteiger partial charge on any atom is -0.508 e. The first-order valence-corrected chi connectivity index (χ1v) is 7.00. The number of fused-ring (bicyclic) bond motifs is 1. The van der Waals surface area contributed by atoms with Crippen LogP contribution in [0.4, 0.5) is 5.13 Å². The summed E-state index contributed by atoms with van der Waals surface area (Å²) in [6.45, 7) is 3.83. The second-order valence-corrected chi connectivity index (χ2v) is 5.53. The van der Waals surface area contributed by atoms with Gasteiger partial charge in [0.05, 0.1) is 10.2 Å². The molecule has 0 saturated heterocycles. The van der Waals surface area contributed by atoms with E-state index in [-0.39, 0.29) is 0 Å². The number of hydrogen-bond acceptors (Lipinski definition) is 5. The quantitative estimate of drug-likeness (QED) is 0.728. The topological polar surface area (TPSA) is 58.4 Å². The van der Waals surface area contributed by atoms with E-state index in [4.69, 9.17) is 0 Å². The van der Waals surface area contributed by atoms with Crippen molar-refractivity contribution in [1.82, 2.24) is 9.97 Å². The Morgan fingerprint density at radius 1 is 1.35 bits per heavy atom. The van der Waals surface area contributed by atoms with Crippen LogP contribution in [0.1, 0.15) is 16.7 Å². The summed E-state index contributed by atoms with van der Waals surface area (Å²) in [6, 6.07) is 5.55. The zero-order chi connectivity index (χ0) is 14.1. The van der Waals surface area contributed by atoms with Crippen LogP contribution in [-0.4, -0.2) is 21.3 Å². The molecule has 1 aromatic carbocycles. The van der Waals surface area contributed by atoms with Crippen LogP contribution in [0.15, 0.2) is 35.6 Å². The lowest BCUT2D eigenvalue weighted by atomic mass is 10.1. The Morgan fingerprint density at radius 2 is 2.20 bits per heavy atom. The first kappa shape index (κ1) is 12.7. The summed E-state index contributed by atoms with van der Waals surface area (Å²) in [4.78, 5) is 12.9. The maximum atomic E-state index is 9.85. The van der Waals surface area contributed by atoms with E-state index >= 15 is 0 Å². The standard InChI is InChI=1S/C15H13N3OS/c1-9-6-12(19)10(2)14-13(9)18-15(20-14)17-8-11-4-3-5-16-7-11/h3-8,19H,1-2H3/b17-8+. The van der Waals surface area contributed by atoms with Gasteiger partial charge in [0.1, 0.15) is 5.75 Å². The normalized spacial score (nSPS) is 11.5. The maximum absolute atomic E-state index is 9.85. The predicted octanol–water partition coefficient (Wildman–Crippen LogP) is 3.76. The second kappa shape index (κ2) is 5.02. The molecule has 0 amide bonds. The molecule has 3 rings (SSSR count). The Bertz CT molecular complexity index is 794. The van der Waals surface area contributed by atoms with Crippen LogP contribution in [0, 0.1) is 13.8 Å². The van der Waals surface area contributed by atoms with Crippen molar-refractivity contribution in [3.63, 3.8) is 0 Å². The van der Waals surface area contributed by atoms with Gasteiger partial charge in [0.25, 0.3) is 0 Å². The van der Waals surface area contributed by atoms with Gasteiger partial charge in [-0.3, -0.25) is 4.98 Å². The molecule has 2 aromatic heterocycles. The lowest BCUT2D eigenvalue weighted by Crippen LogP contribution is -1.81. The molecule has 100 valence electrons. The molecule has 3 aromatic rings. The van der Waals surface area contributed by atoms with Gasteiger partial charge in [-0.1, -0.05) is 17.4 Å². The van der Waals surface area contributed by atoms with Gasteiger partial charge in [0.15, 0.2) is 0 Å². The van der Waals surface area contributed by atoms with Crippen LogP contribution < -0.4 is 0 Å². The number of aromatic nitrogens is 2. The Labute approximate surface area is 120 Å². The molecular weight excluding hydrogens is 270 g/mol. The molecule has 20 heavy (non-hydrogen) atoms. The number of nitrogens with zero attached hydrogens (tertiary/aromatic N) is 3. The van der Waals surface area contributed by atoms with Crippen LogP contribution in [0.2, 0.25) is 0 Å². The smallest absolute Gasteiger partial charge is 0.210 e. The van der Waals surface area contributed by atoms with Crippen LogP contribution in [-0.2, 0) is 0 Å². The van der Waals surface area contributed by atoms with Crippen molar-refractivity contribution in [3.8, 4) is 5.75 Å². The van der Waals surface area contributed by atoms with Crippen LogP contribution in [0.3, 0.4) is 0 Å². The number of phenols is 1. The molecule has 0 fully saturated rings. The molecular formula is C15H13N3OS. The highest BCUT2D eigenvalue weighted by Gasteiger charge is 2.11. The van der Waals surface area contributed by atoms with Gasteiger partial charge in [-0.05, 0) is 31.5 Å². The Hall–Kier alpha value is -2.27. The summed E-state index contributed by atoms with van der Waals surface area (Å²) in [5, 5.41) is 10.5. The molecule has 0 saturated carbocycles. The highest BCUT2D eigenvalue weighted by molar-refractivity contribution is 7.22. The van der Waals surface area contributed by atoms with E-state index in [0.717, 1.165) is 26.9 Å². The first-order chi connectivity index (χ1) is 9.65. The first-order valence-electron chi connectivity index (χ1n) is 6.19. The van der Waals surface area contributed by atoms with Gasteiger partial charge >= 0.3 is 0 Å². The van der Waals surface area contributed by atoms with E-state index in [0.29, 0.717) is 10.9 Å². The van der Waals surface area contributed by atoms with Crippen molar-refractivity contribution < 1.29 is 5.11 Å². The molecule has 5 heteroatoms. The van der Waals surface area contributed by atoms with Crippen molar-refractivity contribution in [2.24, 2.45) is 4.99 Å². The minimum atomic E-state index is 0.307. The third-order valence-electron chi connectivity index (χ3n) is 3.08. The fourth-order valence-corrected chi connectivity index (χ4v) is 2.95. The Balaban J connectivity index is 2.04. The number of aliphatic imine (C=N–C) groups is 1. The fourth-order valence-electron chi connectivity index (χ4n) is 1.97. The monoisotopic (exact) mass is 283 g/mol. The Kier molecular flexibility index (Phi) is 3.20. The number of hydrogen-bond donors (Lipinski definition) is 1. The van der Waals surface area contributed by atoms with Crippen molar-refractivity contribution in [1.29, 1.82) is 0 Å². The van der Waals surface area contributed by atoms with Crippen molar-refractivity contribution in [2.75, 3.05) is 0 Å². The van der Waals surface area contributed by atoms with Crippen molar-refractivity contribution in [2.45, 2.75) is 13.8 Å². The molecule has 0 atom stereocenters. The molecule has 0 aliphatic carbocycles. The number of benzene rings is 1. The van der Waals surface area contributed by atoms with E-state index in [1.165, 1.54) is 11.3 Å². The van der Waals surface area contributed by atoms with Crippen molar-refractivity contribution in [3.05, 3.63) is 47.3 Å². The highest BCUT2D eigenvalue weighted by Crippen LogP contribution is 2.36. The Morgan fingerprint density at radius 3 is 2.95 bits per heavy atom. The van der Waals surface area contributed by atoms with E-state index in [9.17, 15) is 5.11 Å². The van der Waals surface area contributed by atoms with Crippen LogP contribution in [0.25, 0.3) is 10.2 Å². The number of rotatable bonds is 2. The fraction of sp³-hybridized carbons (Fsp3) is 0.133. The predicted molar refractivity (Wildman–Crippen MR) is 82.2 cm³/mol. The lowest BCUT2D eigenvalue weighted by molar-refractivity contribution is 0.472. The summed E-state index contributed by atoms with van der Waals surface area (Å²) < 4.78 is 0.987. The molecule has 2 heterocycles. The zero-order valence-corrected chi connectivity index (χ0v) is 12.0. The number of aryl methyl sites for hydroxylation is 2. The zero-order valence-electron chi connectivity index (χ0n) is 11.2. The van der Waals surface area contributed by atoms with Crippen molar-refractivity contribution >= 4 is 32.9 Å². The molecule has 0 aliphatic rings. The number of thiazole rings is 1. The summed E-state index contributed by atoms with van der Waals surface area (Å²) >= 11 is 1.48.